The molecule has 0 fully saturated rings. The van der Waals surface area contributed by atoms with Crippen molar-refractivity contribution in [3.05, 3.63) is 58.1 Å². The Morgan fingerprint density at radius 2 is 1.79 bits per heavy atom. The van der Waals surface area contributed by atoms with E-state index in [0.717, 1.165) is 15.6 Å². The summed E-state index contributed by atoms with van der Waals surface area (Å²) in [6.45, 7) is 4.83. The molecule has 0 saturated carbocycles. The third-order valence-corrected chi connectivity index (χ3v) is 5.96. The number of nitrogens with one attached hydrogen (secondary N) is 2. The van der Waals surface area contributed by atoms with Crippen molar-refractivity contribution in [2.45, 2.75) is 20.3 Å². The van der Waals surface area contributed by atoms with Gasteiger partial charge >= 0.3 is 6.01 Å². The van der Waals surface area contributed by atoms with E-state index < -0.39 is 10.2 Å². The first kappa shape index (κ1) is 24.9. The van der Waals surface area contributed by atoms with Gasteiger partial charge in [-0.05, 0) is 34.8 Å². The van der Waals surface area contributed by atoms with E-state index in [1.54, 1.807) is 12.4 Å². The predicted octanol–water partition coefficient (Wildman–Crippen LogP) is 2.45. The molecule has 1 aromatic carbocycles. The molecule has 0 spiro atoms. The molecule has 12 heteroatoms. The highest BCUT2D eigenvalue weighted by molar-refractivity contribution is 9.10. The Kier molecular flexibility index (Phi) is 8.64. The van der Waals surface area contributed by atoms with Gasteiger partial charge in [0.05, 0.1) is 10.0 Å². The van der Waals surface area contributed by atoms with Crippen LogP contribution in [0.15, 0.2) is 52.0 Å². The zero-order valence-electron chi connectivity index (χ0n) is 18.7. The lowest BCUT2D eigenvalue weighted by Crippen LogP contribution is -2.43. The van der Waals surface area contributed by atoms with E-state index in [0.29, 0.717) is 24.4 Å². The second kappa shape index (κ2) is 11.4. The number of benzene rings is 1. The lowest BCUT2D eigenvalue weighted by atomic mass is 10.0. The molecule has 2 N–H and O–H groups in total. The van der Waals surface area contributed by atoms with Crippen LogP contribution in [0.4, 0.5) is 0 Å². The minimum absolute atomic E-state index is 0.197. The van der Waals surface area contributed by atoms with Crippen LogP contribution in [-0.2, 0) is 14.9 Å². The number of hydrogen-bond acceptors (Lipinski definition) is 8. The van der Waals surface area contributed by atoms with E-state index in [2.05, 4.69) is 40.3 Å². The number of rotatable bonds is 10. The van der Waals surface area contributed by atoms with Gasteiger partial charge in [-0.15, -0.1) is 0 Å². The summed E-state index contributed by atoms with van der Waals surface area (Å²) in [5, 5.41) is 0. The van der Waals surface area contributed by atoms with Crippen LogP contribution in [0.5, 0.6) is 6.01 Å². The molecular weight excluding hydrogens is 512 g/mol. The minimum Gasteiger partial charge on any atom is -0.475 e. The molecule has 0 atom stereocenters. The summed E-state index contributed by atoms with van der Waals surface area (Å²) in [7, 11) is -1.96. The fourth-order valence-corrected chi connectivity index (χ4v) is 4.08. The molecule has 178 valence electrons. The van der Waals surface area contributed by atoms with Crippen molar-refractivity contribution in [3.8, 4) is 6.01 Å². The van der Waals surface area contributed by atoms with Gasteiger partial charge in [-0.1, -0.05) is 36.8 Å². The second-order valence-corrected chi connectivity index (χ2v) is 9.69. The molecule has 0 bridgehead atoms. The van der Waals surface area contributed by atoms with Crippen molar-refractivity contribution < 1.29 is 17.9 Å². The standard InChI is InChI=1S/C21H27BrN6O4S/c1-4-9-26-33(29,30)27-19-18(16-7-5-15(2)6-8-16)20(28(3)14-25-19)31-10-11-32-21-23-12-17(22)13-24-21/h5-8,12-13,26H,4,9-11,14H2,1-3H3,(H,25,27). The molecule has 0 saturated heterocycles. The molecule has 0 aliphatic carbocycles. The van der Waals surface area contributed by atoms with Gasteiger partial charge in [0, 0.05) is 26.0 Å². The normalized spacial score (nSPS) is 14.2. The van der Waals surface area contributed by atoms with Crippen LogP contribution in [0.1, 0.15) is 24.5 Å². The van der Waals surface area contributed by atoms with Crippen LogP contribution in [-0.4, -0.2) is 62.6 Å². The Morgan fingerprint density at radius 1 is 1.12 bits per heavy atom. The Hall–Kier alpha value is -2.70. The maximum absolute atomic E-state index is 12.5. The number of nitrogens with zero attached hydrogens (tertiary/aromatic N) is 4. The highest BCUT2D eigenvalue weighted by Crippen LogP contribution is 2.26. The second-order valence-electron chi connectivity index (χ2n) is 7.27. The molecule has 0 amide bonds. The Bertz CT molecular complexity index is 1100. The number of amidine groups is 1. The number of hydrogen-bond donors (Lipinski definition) is 2. The Labute approximate surface area is 202 Å². The summed E-state index contributed by atoms with van der Waals surface area (Å²) < 4.78 is 42.4. The van der Waals surface area contributed by atoms with Crippen LogP contribution >= 0.6 is 15.9 Å². The molecule has 33 heavy (non-hydrogen) atoms. The minimum atomic E-state index is -3.78. The van der Waals surface area contributed by atoms with E-state index in [-0.39, 0.29) is 31.7 Å². The average Bonchev–Trinajstić information content (AvgIpc) is 2.79. The summed E-state index contributed by atoms with van der Waals surface area (Å²) in [5.74, 6) is 0.704. The Balaban J connectivity index is 1.83. The van der Waals surface area contributed by atoms with Crippen LogP contribution in [0.25, 0.3) is 5.57 Å². The molecule has 1 aliphatic heterocycles. The average molecular weight is 539 g/mol. The molecule has 2 aromatic rings. The summed E-state index contributed by atoms with van der Waals surface area (Å²) in [4.78, 5) is 14.4. The summed E-state index contributed by atoms with van der Waals surface area (Å²) in [6, 6.07) is 7.95. The summed E-state index contributed by atoms with van der Waals surface area (Å²) in [5.41, 5.74) is 2.40. The molecule has 1 aromatic heterocycles. The van der Waals surface area contributed by atoms with Crippen LogP contribution in [0.3, 0.4) is 0 Å². The first-order valence-corrected chi connectivity index (χ1v) is 12.6. The van der Waals surface area contributed by atoms with Gasteiger partial charge in [-0.25, -0.2) is 15.0 Å². The van der Waals surface area contributed by atoms with Gasteiger partial charge in [0.2, 0.25) is 5.88 Å². The highest BCUT2D eigenvalue weighted by Gasteiger charge is 2.27. The third-order valence-electron chi connectivity index (χ3n) is 4.50. The monoisotopic (exact) mass is 538 g/mol. The predicted molar refractivity (Wildman–Crippen MR) is 130 cm³/mol. The lowest BCUT2D eigenvalue weighted by molar-refractivity contribution is 0.0986. The maximum atomic E-state index is 12.5. The zero-order chi connectivity index (χ0) is 23.8. The van der Waals surface area contributed by atoms with Crippen LogP contribution < -0.4 is 14.2 Å². The first-order valence-electron chi connectivity index (χ1n) is 10.4. The number of aryl methyl sites for hydroxylation is 1. The molecule has 10 nitrogen and oxygen atoms in total. The van der Waals surface area contributed by atoms with E-state index in [4.69, 9.17) is 9.47 Å². The van der Waals surface area contributed by atoms with Crippen molar-refractivity contribution in [2.75, 3.05) is 33.5 Å². The van der Waals surface area contributed by atoms with Gasteiger partial charge < -0.3 is 14.4 Å². The molecule has 0 radical (unpaired) electrons. The van der Waals surface area contributed by atoms with Gasteiger partial charge in [-0.2, -0.15) is 13.1 Å². The van der Waals surface area contributed by atoms with E-state index >= 15 is 0 Å². The van der Waals surface area contributed by atoms with E-state index in [1.165, 1.54) is 0 Å². The number of ether oxygens (including phenoxy) is 2. The topological polar surface area (TPSA) is 118 Å². The zero-order valence-corrected chi connectivity index (χ0v) is 21.1. The van der Waals surface area contributed by atoms with Gasteiger partial charge in [0.15, 0.2) is 5.84 Å². The molecule has 3 rings (SSSR count). The van der Waals surface area contributed by atoms with Gasteiger partial charge in [0.1, 0.15) is 19.9 Å². The largest absolute Gasteiger partial charge is 0.475 e. The van der Waals surface area contributed by atoms with Crippen LogP contribution in [0, 0.1) is 6.92 Å². The number of halogens is 1. The van der Waals surface area contributed by atoms with Crippen LogP contribution in [0.2, 0.25) is 0 Å². The fraction of sp³-hybridized carbons (Fsp3) is 0.381. The highest BCUT2D eigenvalue weighted by atomic mass is 79.9. The van der Waals surface area contributed by atoms with Gasteiger partial charge in [0.25, 0.3) is 10.2 Å². The number of aromatic nitrogens is 2. The lowest BCUT2D eigenvalue weighted by Gasteiger charge is -2.29. The van der Waals surface area contributed by atoms with Gasteiger partial charge in [-0.3, -0.25) is 4.72 Å². The maximum Gasteiger partial charge on any atom is 0.316 e. The van der Waals surface area contributed by atoms with Crippen molar-refractivity contribution in [2.24, 2.45) is 4.99 Å². The fourth-order valence-electron chi connectivity index (χ4n) is 2.90. The third kappa shape index (κ3) is 7.14. The quantitative estimate of drug-likeness (QED) is 0.446. The van der Waals surface area contributed by atoms with Crippen molar-refractivity contribution in [3.63, 3.8) is 0 Å². The molecule has 1 aliphatic rings. The summed E-state index contributed by atoms with van der Waals surface area (Å²) >= 11 is 3.28. The summed E-state index contributed by atoms with van der Waals surface area (Å²) in [6.07, 6.45) is 3.86. The molecular formula is C21H27BrN6O4S. The van der Waals surface area contributed by atoms with Crippen molar-refractivity contribution >= 4 is 37.5 Å². The number of aliphatic imine (C=N–C) groups is 1. The van der Waals surface area contributed by atoms with E-state index in [9.17, 15) is 8.42 Å². The SMILES string of the molecule is CCCNS(=O)(=O)NC1=NCN(C)C(OCCOc2ncc(Br)cn2)=C1c1ccc(C)cc1. The van der Waals surface area contributed by atoms with E-state index in [1.807, 2.05) is 50.1 Å². The first-order chi connectivity index (χ1) is 15.8. The van der Waals surface area contributed by atoms with Crippen molar-refractivity contribution in [1.82, 2.24) is 24.3 Å². The smallest absolute Gasteiger partial charge is 0.316 e. The Morgan fingerprint density at radius 3 is 2.45 bits per heavy atom. The van der Waals surface area contributed by atoms with Crippen molar-refractivity contribution in [1.29, 1.82) is 0 Å². The molecule has 2 heterocycles. The molecule has 0 unspecified atom stereocenters.